The summed E-state index contributed by atoms with van der Waals surface area (Å²) < 4.78 is 0. The van der Waals surface area contributed by atoms with Gasteiger partial charge in [-0.25, -0.2) is 0 Å². The van der Waals surface area contributed by atoms with Crippen molar-refractivity contribution in [2.45, 2.75) is 21.3 Å². The van der Waals surface area contributed by atoms with Crippen LogP contribution in [0.15, 0.2) is 0 Å². The molecular weight excluding hydrogens is 348 g/mol. The molecule has 0 rings (SSSR count). The zero-order valence-electron chi connectivity index (χ0n) is 9.07. The van der Waals surface area contributed by atoms with Crippen molar-refractivity contribution in [2.24, 2.45) is 0 Å². The van der Waals surface area contributed by atoms with Crippen molar-refractivity contribution >= 4 is 11.8 Å². The van der Waals surface area contributed by atoms with E-state index in [1.54, 1.807) is 7.05 Å². The first-order chi connectivity index (χ1) is 5.54. The molecule has 0 spiro atoms. The number of amides is 2. The summed E-state index contributed by atoms with van der Waals surface area (Å²) >= 11 is 0. The van der Waals surface area contributed by atoms with Gasteiger partial charge in [0, 0.05) is 78.2 Å². The van der Waals surface area contributed by atoms with E-state index in [2.05, 4.69) is 16.0 Å². The number of rotatable bonds is 2. The fourth-order valence-corrected chi connectivity index (χ4v) is 0.190. The van der Waals surface area contributed by atoms with Gasteiger partial charge in [-0.05, 0) is 6.92 Å². The van der Waals surface area contributed by atoms with Crippen molar-refractivity contribution in [1.82, 2.24) is 5.32 Å². The average molecular weight is 367 g/mol. The Hall–Kier alpha value is 1.11. The second kappa shape index (κ2) is 24.4. The van der Waals surface area contributed by atoms with Gasteiger partial charge in [-0.3, -0.25) is 4.79 Å². The Morgan fingerprint density at radius 2 is 1.47 bits per heavy atom. The molecule has 0 aliphatic carbocycles. The molecule has 0 aromatic heterocycles. The first-order valence-electron chi connectivity index (χ1n) is 3.45. The predicted molar refractivity (Wildman–Crippen MR) is 54.7 cm³/mol. The van der Waals surface area contributed by atoms with Crippen LogP contribution in [0.1, 0.15) is 21.3 Å². The SMILES string of the molecule is C.C[N-]C(C)=O.C[N-]CNC(C)=O.[Y].[Y]. The van der Waals surface area contributed by atoms with Gasteiger partial charge in [-0.15, -0.1) is 7.05 Å². The molecule has 0 saturated carbocycles. The van der Waals surface area contributed by atoms with Crippen LogP contribution in [-0.2, 0) is 75.0 Å². The Kier molecular flexibility index (Phi) is 48.4. The molecule has 0 aliphatic rings. The molecule has 2 amide bonds. The molecule has 0 bridgehead atoms. The third-order valence-corrected chi connectivity index (χ3v) is 0.801. The molecule has 0 saturated heterocycles. The molecule has 0 aliphatic heterocycles. The number of hydrogen-bond acceptors (Lipinski definition) is 2. The summed E-state index contributed by atoms with van der Waals surface area (Å²) in [5.41, 5.74) is 0. The van der Waals surface area contributed by atoms with Crippen molar-refractivity contribution < 1.29 is 75.0 Å². The minimum absolute atomic E-state index is 0. The molecule has 0 atom stereocenters. The van der Waals surface area contributed by atoms with Crippen molar-refractivity contribution in [1.29, 1.82) is 0 Å². The molecule has 1 N–H and O–H groups in total. The Balaban J connectivity index is -0.0000000383. The smallest absolute Gasteiger partial charge is 0.215 e. The van der Waals surface area contributed by atoms with Crippen LogP contribution in [0.2, 0.25) is 0 Å². The van der Waals surface area contributed by atoms with Crippen LogP contribution in [0.25, 0.3) is 10.6 Å². The maximum atomic E-state index is 10.0. The predicted octanol–water partition coefficient (Wildman–Crippen LogP) is 1.25. The average Bonchev–Trinajstić information content (AvgIpc) is 2.02. The minimum Gasteiger partial charge on any atom is -0.656 e. The molecule has 0 aromatic rings. The maximum absolute atomic E-state index is 10.0. The summed E-state index contributed by atoms with van der Waals surface area (Å²) in [5.74, 6) is -0.157. The Bertz CT molecular complexity index is 146. The summed E-state index contributed by atoms with van der Waals surface area (Å²) in [6, 6.07) is 0. The number of hydrogen-bond donors (Lipinski definition) is 1. The molecular formula is C8H19N3O2Y2-2. The van der Waals surface area contributed by atoms with Crippen LogP contribution < -0.4 is 5.32 Å². The fraction of sp³-hybridized carbons (Fsp3) is 0.750. The summed E-state index contributed by atoms with van der Waals surface area (Å²) in [6.07, 6.45) is 0. The van der Waals surface area contributed by atoms with E-state index in [1.807, 2.05) is 0 Å². The second-order valence-electron chi connectivity index (χ2n) is 1.95. The molecule has 0 fully saturated rings. The summed E-state index contributed by atoms with van der Waals surface area (Å²) in [4.78, 5) is 19.7. The first-order valence-corrected chi connectivity index (χ1v) is 3.45. The number of carbonyl (C=O) groups excluding carboxylic acids is 2. The topological polar surface area (TPSA) is 74.4 Å². The van der Waals surface area contributed by atoms with Crippen LogP contribution in [0.3, 0.4) is 0 Å². The monoisotopic (exact) mass is 367 g/mol. The van der Waals surface area contributed by atoms with E-state index in [9.17, 15) is 9.59 Å². The zero-order valence-corrected chi connectivity index (χ0v) is 14.7. The third kappa shape index (κ3) is 51.4. The van der Waals surface area contributed by atoms with Gasteiger partial charge >= 0.3 is 0 Å². The van der Waals surface area contributed by atoms with Gasteiger partial charge in [0.05, 0.1) is 0 Å². The molecule has 7 heteroatoms. The molecule has 86 valence electrons. The molecule has 0 heterocycles. The van der Waals surface area contributed by atoms with E-state index in [-0.39, 0.29) is 84.7 Å². The van der Waals surface area contributed by atoms with Gasteiger partial charge in [-0.2, -0.15) is 7.05 Å². The van der Waals surface area contributed by atoms with Crippen LogP contribution in [0.5, 0.6) is 0 Å². The van der Waals surface area contributed by atoms with E-state index in [4.69, 9.17) is 0 Å². The number of nitrogens with zero attached hydrogens (tertiary/aromatic N) is 2. The standard InChI is InChI=1S/C4H9N2O.C3H7NO.CH4.2Y/c1-4(7)6-3-5-2;1-3(5)4-2;;;/h3H2,1-2H3,(H,6,7);1-2H3,(H,4,5);1H4;;/q-1;;;;/p-1. The zero-order chi connectivity index (χ0) is 9.98. The molecule has 0 aromatic carbocycles. The van der Waals surface area contributed by atoms with Gasteiger partial charge in [-0.1, -0.05) is 14.1 Å². The molecule has 15 heavy (non-hydrogen) atoms. The number of carbonyl (C=O) groups is 2. The first kappa shape index (κ1) is 29.8. The van der Waals surface area contributed by atoms with Gasteiger partial charge in [0.15, 0.2) is 0 Å². The Morgan fingerprint density at radius 3 is 1.53 bits per heavy atom. The van der Waals surface area contributed by atoms with Crippen molar-refractivity contribution in [3.8, 4) is 0 Å². The van der Waals surface area contributed by atoms with Crippen LogP contribution in [-0.4, -0.2) is 32.6 Å². The van der Waals surface area contributed by atoms with Gasteiger partial charge in [0.25, 0.3) is 0 Å². The van der Waals surface area contributed by atoms with E-state index in [0.717, 1.165) is 0 Å². The van der Waals surface area contributed by atoms with E-state index >= 15 is 0 Å². The second-order valence-corrected chi connectivity index (χ2v) is 1.95. The van der Waals surface area contributed by atoms with Gasteiger partial charge < -0.3 is 20.7 Å². The molecule has 5 nitrogen and oxygen atoms in total. The van der Waals surface area contributed by atoms with E-state index in [1.165, 1.54) is 20.9 Å². The Labute approximate surface area is 143 Å². The van der Waals surface area contributed by atoms with Crippen LogP contribution in [0, 0.1) is 0 Å². The normalized spacial score (nSPS) is 6.13. The minimum atomic E-state index is -0.120. The Morgan fingerprint density at radius 1 is 1.13 bits per heavy atom. The van der Waals surface area contributed by atoms with Gasteiger partial charge in [0.2, 0.25) is 5.91 Å². The van der Waals surface area contributed by atoms with Crippen LogP contribution >= 0.6 is 0 Å². The third-order valence-electron chi connectivity index (χ3n) is 0.801. The fourth-order valence-electron chi connectivity index (χ4n) is 0.190. The van der Waals surface area contributed by atoms with Gasteiger partial charge in [0.1, 0.15) is 0 Å². The largest absolute Gasteiger partial charge is 0.656 e. The summed E-state index contributed by atoms with van der Waals surface area (Å²) in [7, 11) is 3.12. The van der Waals surface area contributed by atoms with Crippen molar-refractivity contribution in [2.75, 3.05) is 20.8 Å². The van der Waals surface area contributed by atoms with Crippen LogP contribution in [0.4, 0.5) is 0 Å². The van der Waals surface area contributed by atoms with Crippen molar-refractivity contribution in [3.63, 3.8) is 0 Å². The quantitative estimate of drug-likeness (QED) is 0.798. The summed E-state index contributed by atoms with van der Waals surface area (Å²) in [6.45, 7) is 3.31. The van der Waals surface area contributed by atoms with Crippen molar-refractivity contribution in [3.05, 3.63) is 10.6 Å². The van der Waals surface area contributed by atoms with E-state index in [0.29, 0.717) is 6.67 Å². The maximum Gasteiger partial charge on any atom is 0.215 e. The molecule has 0 unspecified atom stereocenters. The summed E-state index contributed by atoms with van der Waals surface area (Å²) in [5, 5.41) is 9.38. The molecule has 2 radical (unpaired) electrons. The number of nitrogens with one attached hydrogen (secondary N) is 1. The van der Waals surface area contributed by atoms with E-state index < -0.39 is 0 Å².